The zero-order valence-electron chi connectivity index (χ0n) is 16.6. The molecule has 10 heteroatoms. The van der Waals surface area contributed by atoms with Crippen LogP contribution in [0.3, 0.4) is 0 Å². The fourth-order valence-electron chi connectivity index (χ4n) is 3.27. The number of amides is 1. The molecule has 1 aliphatic rings. The van der Waals surface area contributed by atoms with Crippen LogP contribution >= 0.6 is 0 Å². The number of methoxy groups -OCH3 is 1. The Morgan fingerprint density at radius 3 is 2.37 bits per heavy atom. The zero-order chi connectivity index (χ0) is 21.7. The Balaban J connectivity index is 1.63. The van der Waals surface area contributed by atoms with Gasteiger partial charge in [0.15, 0.2) is 9.84 Å². The van der Waals surface area contributed by atoms with Gasteiger partial charge in [-0.05, 0) is 30.3 Å². The van der Waals surface area contributed by atoms with Crippen molar-refractivity contribution in [1.29, 1.82) is 0 Å². The van der Waals surface area contributed by atoms with Crippen LogP contribution in [-0.2, 0) is 14.6 Å². The third-order valence-corrected chi connectivity index (χ3v) is 6.68. The van der Waals surface area contributed by atoms with Gasteiger partial charge in [0.1, 0.15) is 0 Å². The van der Waals surface area contributed by atoms with Crippen molar-refractivity contribution < 1.29 is 22.9 Å². The van der Waals surface area contributed by atoms with Gasteiger partial charge in [-0.25, -0.2) is 8.42 Å². The summed E-state index contributed by atoms with van der Waals surface area (Å²) in [4.78, 5) is 27.2. The largest absolute Gasteiger partial charge is 0.384 e. The number of piperazine rings is 1. The van der Waals surface area contributed by atoms with Crippen molar-refractivity contribution in [2.45, 2.75) is 4.90 Å². The molecule has 9 nitrogen and oxygen atoms in total. The van der Waals surface area contributed by atoms with Gasteiger partial charge in [-0.1, -0.05) is 6.07 Å². The number of sulfone groups is 1. The Hall–Kier alpha value is -2.98. The zero-order valence-corrected chi connectivity index (χ0v) is 17.4. The smallest absolute Gasteiger partial charge is 0.271 e. The second-order valence-electron chi connectivity index (χ2n) is 6.89. The molecule has 0 spiro atoms. The summed E-state index contributed by atoms with van der Waals surface area (Å²) in [6, 6.07) is 12.4. The standard InChI is InChI=1S/C20H23N3O6S/c1-29-13-14-30(27,28)19-7-5-16(6-8-19)20(24)22-11-9-21(10-12-22)17-3-2-4-18(15-17)23(25)26/h2-8,15H,9-14H2,1H3. The number of rotatable bonds is 7. The summed E-state index contributed by atoms with van der Waals surface area (Å²) in [5.41, 5.74) is 1.21. The van der Waals surface area contributed by atoms with E-state index in [1.54, 1.807) is 11.0 Å². The minimum atomic E-state index is -3.44. The van der Waals surface area contributed by atoms with Crippen LogP contribution in [-0.4, -0.2) is 69.8 Å². The van der Waals surface area contributed by atoms with Gasteiger partial charge < -0.3 is 14.5 Å². The van der Waals surface area contributed by atoms with Crippen molar-refractivity contribution in [3.63, 3.8) is 0 Å². The molecule has 0 bridgehead atoms. The summed E-state index contributed by atoms with van der Waals surface area (Å²) in [5.74, 6) is -0.286. The van der Waals surface area contributed by atoms with Gasteiger partial charge in [0.2, 0.25) is 0 Å². The van der Waals surface area contributed by atoms with Gasteiger partial charge in [0.05, 0.1) is 22.2 Å². The average molecular weight is 433 g/mol. The molecular formula is C20H23N3O6S. The third kappa shape index (κ3) is 4.95. The minimum Gasteiger partial charge on any atom is -0.384 e. The summed E-state index contributed by atoms with van der Waals surface area (Å²) in [6.45, 7) is 2.15. The number of nitro benzene ring substituents is 1. The molecule has 1 aliphatic heterocycles. The molecule has 1 fully saturated rings. The highest BCUT2D eigenvalue weighted by Gasteiger charge is 2.24. The first-order chi connectivity index (χ1) is 14.3. The van der Waals surface area contributed by atoms with E-state index in [9.17, 15) is 23.3 Å². The molecule has 0 saturated carbocycles. The number of hydrogen-bond donors (Lipinski definition) is 0. The van der Waals surface area contributed by atoms with Gasteiger partial charge in [-0.15, -0.1) is 0 Å². The van der Waals surface area contributed by atoms with Crippen LogP contribution in [0.2, 0.25) is 0 Å². The van der Waals surface area contributed by atoms with Gasteiger partial charge in [-0.3, -0.25) is 14.9 Å². The lowest BCUT2D eigenvalue weighted by Crippen LogP contribution is -2.48. The Kier molecular flexibility index (Phi) is 6.68. The molecule has 0 N–H and O–H groups in total. The third-order valence-electron chi connectivity index (χ3n) is 4.99. The van der Waals surface area contributed by atoms with Crippen LogP contribution in [0.1, 0.15) is 10.4 Å². The molecule has 0 radical (unpaired) electrons. The summed E-state index contributed by atoms with van der Waals surface area (Å²) >= 11 is 0. The fourth-order valence-corrected chi connectivity index (χ4v) is 4.44. The molecule has 1 saturated heterocycles. The van der Waals surface area contributed by atoms with Gasteiger partial charge in [0, 0.05) is 56.7 Å². The van der Waals surface area contributed by atoms with E-state index in [2.05, 4.69) is 0 Å². The van der Waals surface area contributed by atoms with Crippen molar-refractivity contribution in [2.75, 3.05) is 50.5 Å². The first-order valence-corrected chi connectivity index (χ1v) is 11.1. The second kappa shape index (κ2) is 9.23. The van der Waals surface area contributed by atoms with Crippen molar-refractivity contribution in [1.82, 2.24) is 4.90 Å². The molecule has 160 valence electrons. The summed E-state index contributed by atoms with van der Waals surface area (Å²) < 4.78 is 29.2. The lowest BCUT2D eigenvalue weighted by Gasteiger charge is -2.36. The number of ether oxygens (including phenoxy) is 1. The van der Waals surface area contributed by atoms with Crippen LogP contribution in [0, 0.1) is 10.1 Å². The Bertz CT molecular complexity index is 1020. The molecule has 3 rings (SSSR count). The first-order valence-electron chi connectivity index (χ1n) is 9.42. The maximum absolute atomic E-state index is 12.8. The molecule has 0 atom stereocenters. The monoisotopic (exact) mass is 433 g/mol. The van der Waals surface area contributed by atoms with E-state index < -0.39 is 14.8 Å². The maximum Gasteiger partial charge on any atom is 0.271 e. The van der Waals surface area contributed by atoms with E-state index in [1.165, 1.54) is 43.5 Å². The molecule has 2 aromatic carbocycles. The van der Waals surface area contributed by atoms with E-state index in [0.717, 1.165) is 5.69 Å². The number of nitro groups is 1. The Morgan fingerprint density at radius 2 is 1.77 bits per heavy atom. The van der Waals surface area contributed by atoms with Crippen LogP contribution in [0.25, 0.3) is 0 Å². The molecule has 0 aromatic heterocycles. The quantitative estimate of drug-likeness (QED) is 0.485. The van der Waals surface area contributed by atoms with Gasteiger partial charge in [0.25, 0.3) is 11.6 Å². The summed E-state index contributed by atoms with van der Waals surface area (Å²) in [6.07, 6.45) is 0. The summed E-state index contributed by atoms with van der Waals surface area (Å²) in [7, 11) is -2.00. The first kappa shape index (κ1) is 21.7. The molecule has 1 heterocycles. The van der Waals surface area contributed by atoms with E-state index >= 15 is 0 Å². The van der Waals surface area contributed by atoms with E-state index in [1.807, 2.05) is 11.0 Å². The lowest BCUT2D eigenvalue weighted by molar-refractivity contribution is -0.384. The van der Waals surface area contributed by atoms with Gasteiger partial charge in [-0.2, -0.15) is 0 Å². The minimum absolute atomic E-state index is 0.0338. The number of benzene rings is 2. The van der Waals surface area contributed by atoms with Crippen molar-refractivity contribution in [2.24, 2.45) is 0 Å². The Labute approximate surface area is 174 Å². The maximum atomic E-state index is 12.8. The number of carbonyl (C=O) groups is 1. The van der Waals surface area contributed by atoms with Gasteiger partial charge >= 0.3 is 0 Å². The topological polar surface area (TPSA) is 110 Å². The van der Waals surface area contributed by atoms with Crippen molar-refractivity contribution in [3.8, 4) is 0 Å². The highest BCUT2D eigenvalue weighted by molar-refractivity contribution is 7.91. The van der Waals surface area contributed by atoms with E-state index in [4.69, 9.17) is 4.74 Å². The van der Waals surface area contributed by atoms with Crippen molar-refractivity contribution >= 4 is 27.1 Å². The molecule has 30 heavy (non-hydrogen) atoms. The number of anilines is 1. The molecule has 1 amide bonds. The van der Waals surface area contributed by atoms with E-state index in [-0.39, 0.29) is 28.8 Å². The SMILES string of the molecule is COCCS(=O)(=O)c1ccc(C(=O)N2CCN(c3cccc([N+](=O)[O-])c3)CC2)cc1. The number of nitrogens with zero attached hydrogens (tertiary/aromatic N) is 3. The predicted octanol–water partition coefficient (Wildman–Crippen LogP) is 1.98. The van der Waals surface area contributed by atoms with E-state index in [0.29, 0.717) is 31.7 Å². The highest BCUT2D eigenvalue weighted by atomic mass is 32.2. The highest BCUT2D eigenvalue weighted by Crippen LogP contribution is 2.23. The molecule has 0 unspecified atom stereocenters. The van der Waals surface area contributed by atoms with Crippen LogP contribution < -0.4 is 4.90 Å². The molecule has 2 aromatic rings. The van der Waals surface area contributed by atoms with Crippen LogP contribution in [0.5, 0.6) is 0 Å². The van der Waals surface area contributed by atoms with Crippen LogP contribution in [0.15, 0.2) is 53.4 Å². The molecular weight excluding hydrogens is 410 g/mol. The molecule has 0 aliphatic carbocycles. The number of hydrogen-bond acceptors (Lipinski definition) is 7. The Morgan fingerprint density at radius 1 is 1.10 bits per heavy atom. The normalized spacial score (nSPS) is 14.6. The van der Waals surface area contributed by atoms with Crippen molar-refractivity contribution in [3.05, 3.63) is 64.2 Å². The predicted molar refractivity (Wildman–Crippen MR) is 112 cm³/mol. The number of non-ortho nitro benzene ring substituents is 1. The average Bonchev–Trinajstić information content (AvgIpc) is 2.77. The summed E-state index contributed by atoms with van der Waals surface area (Å²) in [5, 5.41) is 11.0. The lowest BCUT2D eigenvalue weighted by atomic mass is 10.1. The van der Waals surface area contributed by atoms with Crippen LogP contribution in [0.4, 0.5) is 11.4 Å². The second-order valence-corrected chi connectivity index (χ2v) is 9.00. The number of carbonyl (C=O) groups excluding carboxylic acids is 1. The fraction of sp³-hybridized carbons (Fsp3) is 0.350.